The maximum absolute atomic E-state index is 12.7. The van der Waals surface area contributed by atoms with Gasteiger partial charge < -0.3 is 9.15 Å². The number of hydrazine groups is 1. The Morgan fingerprint density at radius 1 is 1.00 bits per heavy atom. The first-order valence-electron chi connectivity index (χ1n) is 10.3. The Hall–Kier alpha value is -4.07. The zero-order valence-corrected chi connectivity index (χ0v) is 17.9. The predicted octanol–water partition coefficient (Wildman–Crippen LogP) is 3.82. The van der Waals surface area contributed by atoms with Crippen LogP contribution in [0.1, 0.15) is 50.6 Å². The van der Waals surface area contributed by atoms with Gasteiger partial charge in [0.25, 0.3) is 5.91 Å². The lowest BCUT2D eigenvalue weighted by molar-refractivity contribution is 0.0930. The number of hydrogen-bond donors (Lipinski definition) is 3. The standard InChI is InChI=1S/C24H24N4O4/c1-15-21-18(26-27-23(29)17-11-6-7-13-19(17)31-2)12-8-14-20(21)32-22(15)24(30)28-25-16-9-4-3-5-10-16/h3-7,9-11,13,25H,8,12,14H2,1-2H3,(H,27,29)(H,28,30)/b26-18+. The van der Waals surface area contributed by atoms with Crippen LogP contribution in [0, 0.1) is 6.92 Å². The number of hydrazone groups is 1. The third kappa shape index (κ3) is 4.34. The molecule has 2 amide bonds. The molecule has 0 unspecified atom stereocenters. The number of fused-ring (bicyclic) bond motifs is 1. The number of anilines is 1. The summed E-state index contributed by atoms with van der Waals surface area (Å²) >= 11 is 0. The second-order valence-corrected chi connectivity index (χ2v) is 7.35. The second kappa shape index (κ2) is 9.38. The highest BCUT2D eigenvalue weighted by Gasteiger charge is 2.28. The third-order valence-corrected chi connectivity index (χ3v) is 5.27. The molecule has 0 atom stereocenters. The number of rotatable bonds is 6. The molecule has 0 bridgehead atoms. The molecule has 2 aromatic carbocycles. The van der Waals surface area contributed by atoms with Crippen molar-refractivity contribution in [2.75, 3.05) is 12.5 Å². The van der Waals surface area contributed by atoms with Gasteiger partial charge in [-0.15, -0.1) is 0 Å². The van der Waals surface area contributed by atoms with Crippen LogP contribution in [0.15, 0.2) is 64.1 Å². The van der Waals surface area contributed by atoms with Crippen LogP contribution in [0.25, 0.3) is 0 Å². The number of amides is 2. The summed E-state index contributed by atoms with van der Waals surface area (Å²) < 4.78 is 11.1. The summed E-state index contributed by atoms with van der Waals surface area (Å²) in [4.78, 5) is 25.3. The Labute approximate surface area is 185 Å². The van der Waals surface area contributed by atoms with E-state index >= 15 is 0 Å². The summed E-state index contributed by atoms with van der Waals surface area (Å²) in [6.07, 6.45) is 2.19. The topological polar surface area (TPSA) is 105 Å². The molecule has 0 spiro atoms. The Kier molecular flexibility index (Phi) is 6.21. The van der Waals surface area contributed by atoms with Gasteiger partial charge in [0.1, 0.15) is 11.5 Å². The average molecular weight is 432 g/mol. The van der Waals surface area contributed by atoms with Crippen molar-refractivity contribution in [2.24, 2.45) is 5.10 Å². The van der Waals surface area contributed by atoms with E-state index in [9.17, 15) is 9.59 Å². The molecule has 1 heterocycles. The number of carbonyl (C=O) groups is 2. The van der Waals surface area contributed by atoms with Crippen LogP contribution in [-0.4, -0.2) is 24.6 Å². The van der Waals surface area contributed by atoms with Gasteiger partial charge >= 0.3 is 5.91 Å². The quantitative estimate of drug-likeness (QED) is 0.514. The molecule has 1 aromatic heterocycles. The van der Waals surface area contributed by atoms with Crippen LogP contribution >= 0.6 is 0 Å². The molecule has 32 heavy (non-hydrogen) atoms. The first-order valence-corrected chi connectivity index (χ1v) is 10.3. The first kappa shape index (κ1) is 21.2. The van der Waals surface area contributed by atoms with Crippen molar-refractivity contribution in [3.8, 4) is 5.75 Å². The van der Waals surface area contributed by atoms with Crippen LogP contribution in [0.3, 0.4) is 0 Å². The Morgan fingerprint density at radius 3 is 2.53 bits per heavy atom. The van der Waals surface area contributed by atoms with Gasteiger partial charge in [0.05, 0.1) is 24.1 Å². The smallest absolute Gasteiger partial charge is 0.305 e. The molecular formula is C24H24N4O4. The van der Waals surface area contributed by atoms with Gasteiger partial charge in [-0.2, -0.15) is 5.10 Å². The number of benzene rings is 2. The third-order valence-electron chi connectivity index (χ3n) is 5.27. The van der Waals surface area contributed by atoms with Crippen molar-refractivity contribution in [1.82, 2.24) is 10.9 Å². The summed E-state index contributed by atoms with van der Waals surface area (Å²) in [6, 6.07) is 16.3. The van der Waals surface area contributed by atoms with Gasteiger partial charge in [-0.25, -0.2) is 5.43 Å². The van der Waals surface area contributed by atoms with Crippen LogP contribution in [0.5, 0.6) is 5.75 Å². The molecule has 3 aromatic rings. The Balaban J connectivity index is 1.52. The number of hydrogen-bond acceptors (Lipinski definition) is 6. The van der Waals surface area contributed by atoms with Crippen LogP contribution in [0.4, 0.5) is 5.69 Å². The highest BCUT2D eigenvalue weighted by Crippen LogP contribution is 2.30. The van der Waals surface area contributed by atoms with Crippen LogP contribution < -0.4 is 21.0 Å². The SMILES string of the molecule is COc1ccccc1C(=O)N/N=C1\CCCc2oc(C(=O)NNc3ccccc3)c(C)c21. The fourth-order valence-corrected chi connectivity index (χ4v) is 3.71. The molecule has 0 saturated carbocycles. The number of nitrogens with one attached hydrogen (secondary N) is 3. The van der Waals surface area contributed by atoms with Gasteiger partial charge in [-0.3, -0.25) is 20.4 Å². The molecule has 1 aliphatic carbocycles. The van der Waals surface area contributed by atoms with Crippen molar-refractivity contribution in [2.45, 2.75) is 26.2 Å². The van der Waals surface area contributed by atoms with E-state index in [2.05, 4.69) is 21.4 Å². The summed E-state index contributed by atoms with van der Waals surface area (Å²) in [5.41, 5.74) is 11.5. The number of carbonyl (C=O) groups excluding carboxylic acids is 2. The van der Waals surface area contributed by atoms with Gasteiger partial charge in [-0.05, 0) is 44.0 Å². The van der Waals surface area contributed by atoms with E-state index < -0.39 is 0 Å². The number of aryl methyl sites for hydroxylation is 1. The summed E-state index contributed by atoms with van der Waals surface area (Å²) in [7, 11) is 1.51. The lowest BCUT2D eigenvalue weighted by Gasteiger charge is -2.14. The van der Waals surface area contributed by atoms with E-state index in [0.29, 0.717) is 41.2 Å². The van der Waals surface area contributed by atoms with Gasteiger partial charge in [-0.1, -0.05) is 30.3 Å². The first-order chi connectivity index (χ1) is 15.6. The molecule has 3 N–H and O–H groups in total. The number of para-hydroxylation sites is 2. The minimum absolute atomic E-state index is 0.226. The minimum Gasteiger partial charge on any atom is -0.496 e. The fraction of sp³-hybridized carbons (Fsp3) is 0.208. The number of furan rings is 1. The lowest BCUT2D eigenvalue weighted by atomic mass is 9.93. The molecule has 8 heteroatoms. The lowest BCUT2D eigenvalue weighted by Crippen LogP contribution is -2.29. The number of nitrogens with zero attached hydrogens (tertiary/aromatic N) is 1. The van der Waals surface area contributed by atoms with Gasteiger partial charge in [0.2, 0.25) is 0 Å². The van der Waals surface area contributed by atoms with Gasteiger partial charge in [0.15, 0.2) is 5.76 Å². The fourth-order valence-electron chi connectivity index (χ4n) is 3.71. The normalized spacial score (nSPS) is 13.9. The second-order valence-electron chi connectivity index (χ2n) is 7.35. The molecule has 0 fully saturated rings. The molecule has 4 rings (SSSR count). The van der Waals surface area contributed by atoms with Crippen molar-refractivity contribution in [3.05, 3.63) is 82.8 Å². The monoisotopic (exact) mass is 432 g/mol. The zero-order valence-electron chi connectivity index (χ0n) is 17.9. The summed E-state index contributed by atoms with van der Waals surface area (Å²) in [5, 5.41) is 4.36. The van der Waals surface area contributed by atoms with Crippen molar-refractivity contribution < 1.29 is 18.7 Å². The van der Waals surface area contributed by atoms with E-state index in [1.54, 1.807) is 24.3 Å². The van der Waals surface area contributed by atoms with Crippen LogP contribution in [0.2, 0.25) is 0 Å². The summed E-state index contributed by atoms with van der Waals surface area (Å²) in [5.74, 6) is 0.651. The Bertz CT molecular complexity index is 1170. The highest BCUT2D eigenvalue weighted by atomic mass is 16.5. The largest absolute Gasteiger partial charge is 0.496 e. The molecule has 0 aliphatic heterocycles. The van der Waals surface area contributed by atoms with Crippen molar-refractivity contribution >= 4 is 23.2 Å². The van der Waals surface area contributed by atoms with Crippen LogP contribution in [-0.2, 0) is 6.42 Å². The van der Waals surface area contributed by atoms with E-state index in [1.165, 1.54) is 7.11 Å². The van der Waals surface area contributed by atoms with E-state index in [-0.39, 0.29) is 17.6 Å². The maximum Gasteiger partial charge on any atom is 0.305 e. The van der Waals surface area contributed by atoms with Crippen molar-refractivity contribution in [1.29, 1.82) is 0 Å². The molecule has 0 saturated heterocycles. The molecule has 164 valence electrons. The predicted molar refractivity (Wildman–Crippen MR) is 121 cm³/mol. The van der Waals surface area contributed by atoms with Crippen molar-refractivity contribution in [3.63, 3.8) is 0 Å². The zero-order chi connectivity index (χ0) is 22.5. The van der Waals surface area contributed by atoms with E-state index in [1.807, 2.05) is 37.3 Å². The average Bonchev–Trinajstić information content (AvgIpc) is 3.18. The highest BCUT2D eigenvalue weighted by molar-refractivity contribution is 6.07. The van der Waals surface area contributed by atoms with E-state index in [0.717, 1.165) is 17.7 Å². The number of methoxy groups -OCH3 is 1. The molecule has 0 radical (unpaired) electrons. The minimum atomic E-state index is -0.377. The molecule has 1 aliphatic rings. The van der Waals surface area contributed by atoms with Gasteiger partial charge in [0, 0.05) is 17.5 Å². The van der Waals surface area contributed by atoms with E-state index in [4.69, 9.17) is 9.15 Å². The maximum atomic E-state index is 12.7. The Morgan fingerprint density at radius 2 is 1.75 bits per heavy atom. The number of ether oxygens (including phenoxy) is 1. The molecular weight excluding hydrogens is 408 g/mol. The summed E-state index contributed by atoms with van der Waals surface area (Å²) in [6.45, 7) is 1.82. The molecule has 8 nitrogen and oxygen atoms in total.